The number of carbonyl (C=O) groups is 1. The van der Waals surface area contributed by atoms with Gasteiger partial charge in [-0.1, -0.05) is 12.1 Å². The van der Waals surface area contributed by atoms with Crippen LogP contribution in [0.5, 0.6) is 0 Å². The lowest BCUT2D eigenvalue weighted by Gasteiger charge is -2.26. The number of benzene rings is 2. The standard InChI is InChI=1S/C16H11F5N2O6S/c1-7(16(24)25)22(6-8-2-4-9(5-3-8)23(26)27)30(28,29)15-13(20)11(18)10(17)12(19)14(15)21/h2-5,7H,6H2,1H3,(H,24,25)/t7-/m0/s1. The van der Waals surface area contributed by atoms with Gasteiger partial charge in [0.2, 0.25) is 15.8 Å². The number of hydrogen-bond donors (Lipinski definition) is 1. The number of aliphatic carboxylic acids is 1. The molecular weight excluding hydrogens is 443 g/mol. The molecule has 1 atom stereocenters. The van der Waals surface area contributed by atoms with Crippen molar-refractivity contribution in [1.29, 1.82) is 0 Å². The van der Waals surface area contributed by atoms with Crippen molar-refractivity contribution in [2.45, 2.75) is 24.4 Å². The first-order chi connectivity index (χ1) is 13.8. The summed E-state index contributed by atoms with van der Waals surface area (Å²) in [6.07, 6.45) is 0. The highest BCUT2D eigenvalue weighted by Gasteiger charge is 2.40. The highest BCUT2D eigenvalue weighted by Crippen LogP contribution is 2.31. The van der Waals surface area contributed by atoms with Gasteiger partial charge in [0.15, 0.2) is 28.2 Å². The van der Waals surface area contributed by atoms with Gasteiger partial charge < -0.3 is 5.11 Å². The Kier molecular flexibility index (Phi) is 6.42. The lowest BCUT2D eigenvalue weighted by Crippen LogP contribution is -2.43. The van der Waals surface area contributed by atoms with E-state index in [1.54, 1.807) is 0 Å². The zero-order chi connectivity index (χ0) is 23.0. The van der Waals surface area contributed by atoms with E-state index >= 15 is 0 Å². The molecule has 14 heteroatoms. The Morgan fingerprint density at radius 3 is 1.87 bits per heavy atom. The molecule has 0 bridgehead atoms. The van der Waals surface area contributed by atoms with Crippen LogP contribution in [-0.2, 0) is 21.4 Å². The van der Waals surface area contributed by atoms with Crippen molar-refractivity contribution in [1.82, 2.24) is 4.31 Å². The van der Waals surface area contributed by atoms with E-state index in [1.165, 1.54) is 0 Å². The zero-order valence-corrected chi connectivity index (χ0v) is 15.6. The van der Waals surface area contributed by atoms with Crippen molar-refractivity contribution in [3.8, 4) is 0 Å². The molecule has 2 rings (SSSR count). The fourth-order valence-corrected chi connectivity index (χ4v) is 4.08. The summed E-state index contributed by atoms with van der Waals surface area (Å²) in [5.41, 5.74) is -0.444. The summed E-state index contributed by atoms with van der Waals surface area (Å²) < 4.78 is 93.8. The number of carboxylic acid groups (broad SMARTS) is 1. The van der Waals surface area contributed by atoms with Crippen LogP contribution in [0.2, 0.25) is 0 Å². The number of halogens is 5. The molecule has 0 radical (unpaired) electrons. The van der Waals surface area contributed by atoms with Crippen LogP contribution in [0.3, 0.4) is 0 Å². The molecule has 2 aromatic rings. The number of non-ortho nitro benzene ring substituents is 1. The van der Waals surface area contributed by atoms with Crippen LogP contribution >= 0.6 is 0 Å². The maximum absolute atomic E-state index is 14.1. The largest absolute Gasteiger partial charge is 0.480 e. The van der Waals surface area contributed by atoms with Crippen LogP contribution in [0.1, 0.15) is 12.5 Å². The van der Waals surface area contributed by atoms with Gasteiger partial charge in [-0.25, -0.2) is 30.4 Å². The minimum atomic E-state index is -5.57. The third-order valence-corrected chi connectivity index (χ3v) is 5.95. The lowest BCUT2D eigenvalue weighted by atomic mass is 10.2. The molecule has 0 aliphatic rings. The number of sulfonamides is 1. The Bertz CT molecular complexity index is 1090. The highest BCUT2D eigenvalue weighted by atomic mass is 32.2. The van der Waals surface area contributed by atoms with Crippen molar-refractivity contribution >= 4 is 21.7 Å². The Morgan fingerprint density at radius 2 is 1.47 bits per heavy atom. The molecule has 0 aliphatic heterocycles. The van der Waals surface area contributed by atoms with E-state index < -0.39 is 67.5 Å². The van der Waals surface area contributed by atoms with E-state index in [0.29, 0.717) is 0 Å². The van der Waals surface area contributed by atoms with Crippen LogP contribution in [-0.4, -0.2) is 34.8 Å². The Morgan fingerprint density at radius 1 is 1.03 bits per heavy atom. The summed E-state index contributed by atoms with van der Waals surface area (Å²) >= 11 is 0. The van der Waals surface area contributed by atoms with Gasteiger partial charge in [-0.2, -0.15) is 4.31 Å². The molecule has 0 unspecified atom stereocenters. The van der Waals surface area contributed by atoms with E-state index in [2.05, 4.69) is 0 Å². The van der Waals surface area contributed by atoms with Gasteiger partial charge in [0.25, 0.3) is 5.69 Å². The van der Waals surface area contributed by atoms with Gasteiger partial charge in [0.05, 0.1) is 4.92 Å². The summed E-state index contributed by atoms with van der Waals surface area (Å²) in [5.74, 6) is -14.7. The second-order valence-corrected chi connectivity index (χ2v) is 7.71. The van der Waals surface area contributed by atoms with Crippen LogP contribution in [0.4, 0.5) is 27.6 Å². The molecule has 0 aromatic heterocycles. The fourth-order valence-electron chi connectivity index (χ4n) is 2.38. The van der Waals surface area contributed by atoms with E-state index in [1.807, 2.05) is 0 Å². The summed E-state index contributed by atoms with van der Waals surface area (Å²) in [7, 11) is -5.57. The zero-order valence-electron chi connectivity index (χ0n) is 14.8. The van der Waals surface area contributed by atoms with Crippen LogP contribution < -0.4 is 0 Å². The molecule has 0 spiro atoms. The second-order valence-electron chi connectivity index (χ2n) is 5.89. The van der Waals surface area contributed by atoms with Gasteiger partial charge in [-0.3, -0.25) is 14.9 Å². The molecule has 30 heavy (non-hydrogen) atoms. The predicted octanol–water partition coefficient (Wildman–Crippen LogP) is 2.95. The number of nitro groups is 1. The molecule has 0 amide bonds. The Balaban J connectivity index is 2.65. The summed E-state index contributed by atoms with van der Waals surface area (Å²) in [5, 5.41) is 19.8. The monoisotopic (exact) mass is 454 g/mol. The smallest absolute Gasteiger partial charge is 0.321 e. The number of carboxylic acids is 1. The first-order valence-corrected chi connectivity index (χ1v) is 9.24. The molecule has 2 aromatic carbocycles. The predicted molar refractivity (Wildman–Crippen MR) is 89.2 cm³/mol. The SMILES string of the molecule is C[C@@H](C(=O)O)N(Cc1ccc([N+](=O)[O-])cc1)S(=O)(=O)c1c(F)c(F)c(F)c(F)c1F. The van der Waals surface area contributed by atoms with Crippen molar-refractivity contribution in [2.24, 2.45) is 0 Å². The highest BCUT2D eigenvalue weighted by molar-refractivity contribution is 7.89. The van der Waals surface area contributed by atoms with E-state index in [4.69, 9.17) is 5.11 Å². The average Bonchev–Trinajstić information content (AvgIpc) is 2.68. The molecule has 0 fully saturated rings. The minimum absolute atomic E-state index is 0.00518. The fraction of sp³-hybridized carbons (Fsp3) is 0.188. The van der Waals surface area contributed by atoms with Crippen LogP contribution in [0.15, 0.2) is 29.2 Å². The lowest BCUT2D eigenvalue weighted by molar-refractivity contribution is -0.384. The van der Waals surface area contributed by atoms with Crippen molar-refractivity contribution < 1.29 is 45.2 Å². The van der Waals surface area contributed by atoms with Crippen molar-refractivity contribution in [2.75, 3.05) is 0 Å². The normalized spacial score (nSPS) is 12.8. The number of nitrogens with zero attached hydrogens (tertiary/aromatic N) is 2. The van der Waals surface area contributed by atoms with Gasteiger partial charge >= 0.3 is 5.97 Å². The van der Waals surface area contributed by atoms with Crippen molar-refractivity contribution in [3.05, 3.63) is 69.0 Å². The van der Waals surface area contributed by atoms with E-state index in [9.17, 15) is 45.3 Å². The summed E-state index contributed by atoms with van der Waals surface area (Å²) in [4.78, 5) is 19.0. The molecule has 0 saturated carbocycles. The molecular formula is C16H11F5N2O6S. The quantitative estimate of drug-likeness (QED) is 0.226. The van der Waals surface area contributed by atoms with Gasteiger partial charge in [0.1, 0.15) is 6.04 Å². The maximum atomic E-state index is 14.1. The molecule has 162 valence electrons. The average molecular weight is 454 g/mol. The third-order valence-electron chi connectivity index (χ3n) is 4.01. The molecule has 1 N–H and O–H groups in total. The van der Waals surface area contributed by atoms with Crippen LogP contribution in [0, 0.1) is 39.2 Å². The van der Waals surface area contributed by atoms with Gasteiger partial charge in [-0.15, -0.1) is 0 Å². The molecule has 8 nitrogen and oxygen atoms in total. The van der Waals surface area contributed by atoms with Crippen molar-refractivity contribution in [3.63, 3.8) is 0 Å². The molecule has 0 saturated heterocycles. The summed E-state index contributed by atoms with van der Waals surface area (Å²) in [6.45, 7) is -0.0926. The van der Waals surface area contributed by atoms with Crippen LogP contribution in [0.25, 0.3) is 0 Å². The summed E-state index contributed by atoms with van der Waals surface area (Å²) in [6, 6.07) is 1.97. The first-order valence-electron chi connectivity index (χ1n) is 7.80. The topological polar surface area (TPSA) is 118 Å². The first kappa shape index (κ1) is 23.2. The second kappa shape index (κ2) is 8.31. The van der Waals surface area contributed by atoms with E-state index in [-0.39, 0.29) is 15.6 Å². The molecule has 0 heterocycles. The third kappa shape index (κ3) is 4.09. The van der Waals surface area contributed by atoms with Gasteiger partial charge in [-0.05, 0) is 12.5 Å². The Hall–Kier alpha value is -3.13. The number of rotatable bonds is 7. The molecule has 0 aliphatic carbocycles. The Labute approximate surface area is 165 Å². The maximum Gasteiger partial charge on any atom is 0.321 e. The number of hydrogen-bond acceptors (Lipinski definition) is 5. The van der Waals surface area contributed by atoms with Gasteiger partial charge in [0, 0.05) is 18.7 Å². The number of nitro benzene ring substituents is 1. The van der Waals surface area contributed by atoms with E-state index in [0.717, 1.165) is 31.2 Å². The minimum Gasteiger partial charge on any atom is -0.480 e.